The van der Waals surface area contributed by atoms with Crippen molar-refractivity contribution in [3.05, 3.63) is 65.1 Å². The van der Waals surface area contributed by atoms with E-state index in [1.54, 1.807) is 44.3 Å². The van der Waals surface area contributed by atoms with Crippen LogP contribution < -0.4 is 4.72 Å². The number of benzene rings is 2. The third kappa shape index (κ3) is 4.76. The summed E-state index contributed by atoms with van der Waals surface area (Å²) in [6.07, 6.45) is 2.83. The van der Waals surface area contributed by atoms with Crippen LogP contribution in [0.15, 0.2) is 42.6 Å². The summed E-state index contributed by atoms with van der Waals surface area (Å²) in [7, 11) is -3.46. The second-order valence-corrected chi connectivity index (χ2v) is 8.67. The molecule has 154 valence electrons. The maximum Gasteiger partial charge on any atom is 0.306 e. The van der Waals surface area contributed by atoms with Crippen LogP contribution in [-0.4, -0.2) is 32.2 Å². The number of nitrogens with one attached hydrogen (secondary N) is 2. The highest BCUT2D eigenvalue weighted by atomic mass is 32.2. The number of H-pyrrole nitrogens is 1. The molecular formula is C21H23FN2O4S. The van der Waals surface area contributed by atoms with Gasteiger partial charge in [-0.15, -0.1) is 0 Å². The number of aromatic nitrogens is 1. The molecule has 0 radical (unpaired) electrons. The SMILES string of the molecule is CCOC(=O)CC(c1ccc(C)c(F)c1)c1c[nH]c2c(NS(C)(=O)=O)cccc12. The number of aromatic amines is 1. The first kappa shape index (κ1) is 20.9. The van der Waals surface area contributed by atoms with Crippen LogP contribution in [0.5, 0.6) is 0 Å². The third-order valence-electron chi connectivity index (χ3n) is 4.69. The van der Waals surface area contributed by atoms with Crippen LogP contribution in [0.3, 0.4) is 0 Å². The molecule has 3 aromatic rings. The Morgan fingerprint density at radius 2 is 2.03 bits per heavy atom. The number of carbonyl (C=O) groups is 1. The predicted molar refractivity (Wildman–Crippen MR) is 111 cm³/mol. The molecular weight excluding hydrogens is 395 g/mol. The number of carbonyl (C=O) groups excluding carboxylic acids is 1. The van der Waals surface area contributed by atoms with Gasteiger partial charge in [-0.05, 0) is 42.7 Å². The molecule has 3 rings (SSSR count). The lowest BCUT2D eigenvalue weighted by molar-refractivity contribution is -0.143. The van der Waals surface area contributed by atoms with E-state index in [0.29, 0.717) is 22.3 Å². The van der Waals surface area contributed by atoms with Crippen molar-refractivity contribution in [2.24, 2.45) is 0 Å². The summed E-state index contributed by atoms with van der Waals surface area (Å²) in [5.74, 6) is -1.19. The van der Waals surface area contributed by atoms with Crippen LogP contribution in [0.1, 0.15) is 36.0 Å². The van der Waals surface area contributed by atoms with E-state index in [0.717, 1.165) is 17.2 Å². The Morgan fingerprint density at radius 1 is 1.28 bits per heavy atom. The van der Waals surface area contributed by atoms with Gasteiger partial charge >= 0.3 is 5.97 Å². The molecule has 2 N–H and O–H groups in total. The quantitative estimate of drug-likeness (QED) is 0.566. The first-order valence-corrected chi connectivity index (χ1v) is 11.1. The number of halogens is 1. The van der Waals surface area contributed by atoms with Gasteiger partial charge in [0.2, 0.25) is 10.0 Å². The number of rotatable bonds is 7. The molecule has 6 nitrogen and oxygen atoms in total. The van der Waals surface area contributed by atoms with Crippen LogP contribution in [0, 0.1) is 12.7 Å². The molecule has 0 bridgehead atoms. The average molecular weight is 418 g/mol. The van der Waals surface area contributed by atoms with Gasteiger partial charge in [-0.2, -0.15) is 0 Å². The van der Waals surface area contributed by atoms with E-state index in [1.807, 2.05) is 6.07 Å². The molecule has 0 aliphatic heterocycles. The molecule has 1 aromatic heterocycles. The molecule has 0 amide bonds. The van der Waals surface area contributed by atoms with Gasteiger partial charge in [0.1, 0.15) is 5.82 Å². The van der Waals surface area contributed by atoms with E-state index >= 15 is 0 Å². The van der Waals surface area contributed by atoms with Gasteiger partial charge in [-0.1, -0.05) is 24.3 Å². The van der Waals surface area contributed by atoms with Crippen molar-refractivity contribution >= 4 is 32.6 Å². The fraction of sp³-hybridized carbons (Fsp3) is 0.286. The minimum absolute atomic E-state index is 0.0347. The van der Waals surface area contributed by atoms with Gasteiger partial charge in [-0.25, -0.2) is 12.8 Å². The molecule has 8 heteroatoms. The summed E-state index contributed by atoms with van der Waals surface area (Å²) >= 11 is 0. The number of hydrogen-bond donors (Lipinski definition) is 2. The van der Waals surface area contributed by atoms with Crippen molar-refractivity contribution in [3.8, 4) is 0 Å². The minimum atomic E-state index is -3.46. The molecule has 29 heavy (non-hydrogen) atoms. The van der Waals surface area contributed by atoms with Crippen molar-refractivity contribution in [2.75, 3.05) is 17.6 Å². The largest absolute Gasteiger partial charge is 0.466 e. The molecule has 0 fully saturated rings. The first-order valence-electron chi connectivity index (χ1n) is 9.19. The normalized spacial score (nSPS) is 12.7. The summed E-state index contributed by atoms with van der Waals surface area (Å²) < 4.78 is 45.2. The number of aryl methyl sites for hydroxylation is 1. The summed E-state index contributed by atoms with van der Waals surface area (Å²) in [5.41, 5.74) is 2.91. The Bertz CT molecular complexity index is 1150. The van der Waals surface area contributed by atoms with E-state index in [4.69, 9.17) is 4.74 Å². The molecule has 1 heterocycles. The lowest BCUT2D eigenvalue weighted by Crippen LogP contribution is -2.12. The number of ether oxygens (including phenoxy) is 1. The Balaban J connectivity index is 2.12. The topological polar surface area (TPSA) is 88.3 Å². The van der Waals surface area contributed by atoms with Gasteiger partial charge in [0.25, 0.3) is 0 Å². The fourth-order valence-corrected chi connectivity index (χ4v) is 3.94. The maximum absolute atomic E-state index is 14.2. The van der Waals surface area contributed by atoms with Gasteiger partial charge in [0.15, 0.2) is 0 Å². The van der Waals surface area contributed by atoms with E-state index in [9.17, 15) is 17.6 Å². The van der Waals surface area contributed by atoms with E-state index in [1.165, 1.54) is 6.07 Å². The molecule has 1 atom stereocenters. The lowest BCUT2D eigenvalue weighted by atomic mass is 9.87. The Kier molecular flexibility index (Phi) is 5.93. The second kappa shape index (κ2) is 8.24. The van der Waals surface area contributed by atoms with Gasteiger partial charge in [-0.3, -0.25) is 9.52 Å². The van der Waals surface area contributed by atoms with Crippen LogP contribution in [0.2, 0.25) is 0 Å². The molecule has 2 aromatic carbocycles. The fourth-order valence-electron chi connectivity index (χ4n) is 3.37. The zero-order chi connectivity index (χ0) is 21.2. The monoisotopic (exact) mass is 418 g/mol. The van der Waals surface area contributed by atoms with Gasteiger partial charge < -0.3 is 9.72 Å². The van der Waals surface area contributed by atoms with Crippen LogP contribution in [0.4, 0.5) is 10.1 Å². The Hall–Kier alpha value is -2.87. The maximum atomic E-state index is 14.2. The summed E-state index contributed by atoms with van der Waals surface area (Å²) in [6, 6.07) is 10.1. The van der Waals surface area contributed by atoms with Gasteiger partial charge in [0, 0.05) is 17.5 Å². The number of fused-ring (bicyclic) bond motifs is 1. The van der Waals surface area contributed by atoms with E-state index in [-0.39, 0.29) is 18.8 Å². The van der Waals surface area contributed by atoms with Crippen molar-refractivity contribution < 1.29 is 22.3 Å². The first-order chi connectivity index (χ1) is 13.7. The highest BCUT2D eigenvalue weighted by molar-refractivity contribution is 7.92. The number of para-hydroxylation sites is 1. The van der Waals surface area contributed by atoms with E-state index in [2.05, 4.69) is 9.71 Å². The molecule has 0 saturated heterocycles. The molecule has 0 aliphatic carbocycles. The van der Waals surface area contributed by atoms with Crippen LogP contribution in [0.25, 0.3) is 10.9 Å². The standard InChI is InChI=1S/C21H23FN2O4S/c1-4-28-20(25)11-16(14-9-8-13(2)18(22)10-14)17-12-23-21-15(17)6-5-7-19(21)24-29(3,26)27/h5-10,12,16,23-24H,4,11H2,1-3H3. The van der Waals surface area contributed by atoms with Crippen molar-refractivity contribution in [1.82, 2.24) is 4.98 Å². The summed E-state index contributed by atoms with van der Waals surface area (Å²) in [5, 5.41) is 0.744. The number of sulfonamides is 1. The van der Waals surface area contributed by atoms with Crippen molar-refractivity contribution in [3.63, 3.8) is 0 Å². The predicted octanol–water partition coefficient (Wildman–Crippen LogP) is 4.07. The number of esters is 1. The molecule has 0 aliphatic rings. The number of anilines is 1. The summed E-state index contributed by atoms with van der Waals surface area (Å²) in [4.78, 5) is 15.3. The Labute approximate surface area is 169 Å². The zero-order valence-electron chi connectivity index (χ0n) is 16.5. The van der Waals surface area contributed by atoms with E-state index < -0.39 is 21.9 Å². The molecule has 1 unspecified atom stereocenters. The Morgan fingerprint density at radius 3 is 2.69 bits per heavy atom. The summed E-state index contributed by atoms with van der Waals surface area (Å²) in [6.45, 7) is 3.66. The van der Waals surface area contributed by atoms with Crippen LogP contribution >= 0.6 is 0 Å². The molecule has 0 spiro atoms. The smallest absolute Gasteiger partial charge is 0.306 e. The van der Waals surface area contributed by atoms with Crippen LogP contribution in [-0.2, 0) is 19.6 Å². The highest BCUT2D eigenvalue weighted by Crippen LogP contribution is 2.36. The highest BCUT2D eigenvalue weighted by Gasteiger charge is 2.24. The third-order valence-corrected chi connectivity index (χ3v) is 5.28. The average Bonchev–Trinajstić information content (AvgIpc) is 3.06. The zero-order valence-corrected chi connectivity index (χ0v) is 17.3. The lowest BCUT2D eigenvalue weighted by Gasteiger charge is -2.17. The van der Waals surface area contributed by atoms with Crippen molar-refractivity contribution in [1.29, 1.82) is 0 Å². The van der Waals surface area contributed by atoms with Crippen molar-refractivity contribution in [2.45, 2.75) is 26.2 Å². The number of hydrogen-bond acceptors (Lipinski definition) is 4. The molecule has 0 saturated carbocycles. The minimum Gasteiger partial charge on any atom is -0.466 e. The second-order valence-electron chi connectivity index (χ2n) is 6.92. The van der Waals surface area contributed by atoms with Gasteiger partial charge in [0.05, 0.1) is 30.5 Å².